The summed E-state index contributed by atoms with van der Waals surface area (Å²) >= 11 is 0. The van der Waals surface area contributed by atoms with Gasteiger partial charge in [-0.25, -0.2) is 21.9 Å². The van der Waals surface area contributed by atoms with Crippen LogP contribution in [0.4, 0.5) is 17.6 Å². The number of halogens is 4. The van der Waals surface area contributed by atoms with E-state index >= 15 is 0 Å². The fourth-order valence-electron chi connectivity index (χ4n) is 2.20. The zero-order valence-electron chi connectivity index (χ0n) is 13.5. The monoisotopic (exact) mass is 393 g/mol. The summed E-state index contributed by atoms with van der Waals surface area (Å²) in [6.07, 6.45) is 0.126. The van der Waals surface area contributed by atoms with E-state index in [0.29, 0.717) is 5.56 Å². The molecule has 1 N–H and O–H groups in total. The molecule has 0 atom stereocenters. The van der Waals surface area contributed by atoms with Crippen molar-refractivity contribution >= 4 is 10.0 Å². The molecular weight excluding hydrogens is 378 g/mol. The highest BCUT2D eigenvalue weighted by Gasteiger charge is 2.23. The largest absolute Gasteiger partial charge is 0.493 e. The minimum Gasteiger partial charge on any atom is -0.493 e. The van der Waals surface area contributed by atoms with Gasteiger partial charge in [-0.3, -0.25) is 0 Å². The van der Waals surface area contributed by atoms with Gasteiger partial charge in [0.05, 0.1) is 7.11 Å². The predicted octanol–water partition coefficient (Wildman–Crippen LogP) is 3.10. The van der Waals surface area contributed by atoms with Gasteiger partial charge in [0, 0.05) is 6.54 Å². The van der Waals surface area contributed by atoms with Crippen LogP contribution in [0.15, 0.2) is 41.3 Å². The van der Waals surface area contributed by atoms with Crippen molar-refractivity contribution in [1.29, 1.82) is 0 Å². The van der Waals surface area contributed by atoms with E-state index in [1.54, 1.807) is 0 Å². The zero-order valence-corrected chi connectivity index (χ0v) is 14.3. The van der Waals surface area contributed by atoms with Gasteiger partial charge in [-0.2, -0.15) is 8.78 Å². The molecule has 5 nitrogen and oxygen atoms in total. The molecule has 0 aromatic heterocycles. The molecule has 0 aliphatic heterocycles. The van der Waals surface area contributed by atoms with Crippen molar-refractivity contribution in [3.63, 3.8) is 0 Å². The number of hydrogen-bond donors (Lipinski definition) is 1. The van der Waals surface area contributed by atoms with Crippen LogP contribution in [-0.2, 0) is 16.4 Å². The molecule has 26 heavy (non-hydrogen) atoms. The van der Waals surface area contributed by atoms with Crippen LogP contribution in [0, 0.1) is 11.6 Å². The van der Waals surface area contributed by atoms with Crippen LogP contribution in [0.1, 0.15) is 5.56 Å². The minimum atomic E-state index is -4.39. The normalized spacial score (nSPS) is 11.6. The lowest BCUT2D eigenvalue weighted by Gasteiger charge is -2.12. The van der Waals surface area contributed by atoms with E-state index in [2.05, 4.69) is 9.46 Å². The fourth-order valence-corrected chi connectivity index (χ4v) is 3.37. The number of alkyl halides is 2. The first kappa shape index (κ1) is 20.0. The van der Waals surface area contributed by atoms with Crippen molar-refractivity contribution in [2.45, 2.75) is 17.9 Å². The van der Waals surface area contributed by atoms with Gasteiger partial charge >= 0.3 is 6.61 Å². The Kier molecular flexibility index (Phi) is 6.43. The van der Waals surface area contributed by atoms with Crippen LogP contribution in [0.5, 0.6) is 11.5 Å². The molecule has 2 aromatic rings. The van der Waals surface area contributed by atoms with E-state index in [0.717, 1.165) is 18.2 Å². The molecule has 0 spiro atoms. The molecule has 142 valence electrons. The van der Waals surface area contributed by atoms with Gasteiger partial charge in [0.2, 0.25) is 10.0 Å². The minimum absolute atomic E-state index is 0.0470. The van der Waals surface area contributed by atoms with Gasteiger partial charge in [0.25, 0.3) is 0 Å². The molecule has 0 aliphatic carbocycles. The standard InChI is InChI=1S/C16H15F4NO4S/c1-24-14-9-10(5-6-13(14)25-16(19)20)7-8-21-26(22,23)15-11(17)3-2-4-12(15)18/h2-6,9,16,21H,7-8H2,1H3. The number of nitrogens with one attached hydrogen (secondary N) is 1. The summed E-state index contributed by atoms with van der Waals surface area (Å²) < 4.78 is 87.1. The fraction of sp³-hybridized carbons (Fsp3) is 0.250. The van der Waals surface area contributed by atoms with Crippen LogP contribution < -0.4 is 14.2 Å². The molecule has 2 aromatic carbocycles. The average molecular weight is 393 g/mol. The summed E-state index contributed by atoms with van der Waals surface area (Å²) in [7, 11) is -3.12. The summed E-state index contributed by atoms with van der Waals surface area (Å²) in [5, 5.41) is 0. The van der Waals surface area contributed by atoms with Crippen LogP contribution >= 0.6 is 0 Å². The van der Waals surface area contributed by atoms with Crippen molar-refractivity contribution in [3.8, 4) is 11.5 Å². The van der Waals surface area contributed by atoms with Gasteiger partial charge < -0.3 is 9.47 Å². The molecule has 0 aliphatic rings. The summed E-state index contributed by atoms with van der Waals surface area (Å²) in [6.45, 7) is -3.19. The maximum Gasteiger partial charge on any atom is 0.387 e. The quantitative estimate of drug-likeness (QED) is 0.700. The smallest absolute Gasteiger partial charge is 0.387 e. The van der Waals surface area contributed by atoms with E-state index in [-0.39, 0.29) is 24.5 Å². The van der Waals surface area contributed by atoms with Gasteiger partial charge in [-0.1, -0.05) is 12.1 Å². The summed E-state index contributed by atoms with van der Waals surface area (Å²) in [4.78, 5) is -1.06. The van der Waals surface area contributed by atoms with Crippen LogP contribution in [0.25, 0.3) is 0 Å². The Balaban J connectivity index is 2.07. The highest BCUT2D eigenvalue weighted by molar-refractivity contribution is 7.89. The number of methoxy groups -OCH3 is 1. The van der Waals surface area contributed by atoms with E-state index in [4.69, 9.17) is 4.74 Å². The van der Waals surface area contributed by atoms with Crippen molar-refractivity contribution < 1.29 is 35.5 Å². The molecule has 0 saturated carbocycles. The molecule has 0 heterocycles. The van der Waals surface area contributed by atoms with Gasteiger partial charge in [-0.15, -0.1) is 0 Å². The summed E-state index contributed by atoms with van der Waals surface area (Å²) in [6, 6.07) is 6.83. The van der Waals surface area contributed by atoms with Crippen molar-refractivity contribution in [2.75, 3.05) is 13.7 Å². The number of rotatable bonds is 8. The molecule has 0 fully saturated rings. The molecular formula is C16H15F4NO4S. The SMILES string of the molecule is COc1cc(CCNS(=O)(=O)c2c(F)cccc2F)ccc1OC(F)F. The van der Waals surface area contributed by atoms with Gasteiger partial charge in [0.1, 0.15) is 11.6 Å². The predicted molar refractivity (Wildman–Crippen MR) is 84.9 cm³/mol. The number of benzene rings is 2. The Labute approximate surface area is 147 Å². The highest BCUT2D eigenvalue weighted by Crippen LogP contribution is 2.29. The molecule has 0 unspecified atom stereocenters. The van der Waals surface area contributed by atoms with Crippen LogP contribution in [0.3, 0.4) is 0 Å². The van der Waals surface area contributed by atoms with Crippen molar-refractivity contribution in [1.82, 2.24) is 4.72 Å². The first-order valence-electron chi connectivity index (χ1n) is 7.30. The Hall–Kier alpha value is -2.33. The molecule has 0 bridgehead atoms. The van der Waals surface area contributed by atoms with Crippen LogP contribution in [-0.4, -0.2) is 28.7 Å². The second-order valence-electron chi connectivity index (χ2n) is 5.06. The summed E-state index contributed by atoms with van der Waals surface area (Å²) in [5.41, 5.74) is 0.542. The number of ether oxygens (including phenoxy) is 2. The third kappa shape index (κ3) is 4.85. The molecule has 0 radical (unpaired) electrons. The third-order valence-corrected chi connectivity index (χ3v) is 4.85. The second kappa shape index (κ2) is 8.37. The number of sulfonamides is 1. The maximum atomic E-state index is 13.6. The molecule has 10 heteroatoms. The molecule has 0 amide bonds. The van der Waals surface area contributed by atoms with E-state index in [1.807, 2.05) is 0 Å². The van der Waals surface area contributed by atoms with Crippen molar-refractivity contribution in [2.24, 2.45) is 0 Å². The Bertz CT molecular complexity index is 854. The van der Waals surface area contributed by atoms with Gasteiger partial charge in [0.15, 0.2) is 16.4 Å². The first-order valence-corrected chi connectivity index (χ1v) is 8.78. The van der Waals surface area contributed by atoms with E-state index in [9.17, 15) is 26.0 Å². The zero-order chi connectivity index (χ0) is 19.3. The van der Waals surface area contributed by atoms with Crippen LogP contribution in [0.2, 0.25) is 0 Å². The van der Waals surface area contributed by atoms with Gasteiger partial charge in [-0.05, 0) is 36.2 Å². The lowest BCUT2D eigenvalue weighted by molar-refractivity contribution is -0.0512. The van der Waals surface area contributed by atoms with E-state index < -0.39 is 33.2 Å². The maximum absolute atomic E-state index is 13.6. The van der Waals surface area contributed by atoms with E-state index in [1.165, 1.54) is 25.3 Å². The Morgan fingerprint density at radius 2 is 1.73 bits per heavy atom. The lowest BCUT2D eigenvalue weighted by atomic mass is 10.1. The highest BCUT2D eigenvalue weighted by atomic mass is 32.2. The molecule has 0 saturated heterocycles. The second-order valence-corrected chi connectivity index (χ2v) is 6.77. The Morgan fingerprint density at radius 3 is 2.31 bits per heavy atom. The lowest BCUT2D eigenvalue weighted by Crippen LogP contribution is -2.27. The van der Waals surface area contributed by atoms with Crippen molar-refractivity contribution in [3.05, 3.63) is 53.6 Å². The first-order chi connectivity index (χ1) is 12.2. The third-order valence-electron chi connectivity index (χ3n) is 3.34. The molecule has 2 rings (SSSR count). The summed E-state index contributed by atoms with van der Waals surface area (Å²) in [5.74, 6) is -2.52. The number of hydrogen-bond acceptors (Lipinski definition) is 4. The topological polar surface area (TPSA) is 64.6 Å². The average Bonchev–Trinajstić information content (AvgIpc) is 2.55. The Morgan fingerprint density at radius 1 is 1.08 bits per heavy atom.